The lowest BCUT2D eigenvalue weighted by Gasteiger charge is -2.13. The summed E-state index contributed by atoms with van der Waals surface area (Å²) in [6, 6.07) is 0. The van der Waals surface area contributed by atoms with Crippen LogP contribution >= 0.6 is 11.3 Å². The summed E-state index contributed by atoms with van der Waals surface area (Å²) in [7, 11) is -0.254. The van der Waals surface area contributed by atoms with Crippen LogP contribution in [0.5, 0.6) is 0 Å². The average Bonchev–Trinajstić information content (AvgIpc) is 2.87. The van der Waals surface area contributed by atoms with Gasteiger partial charge in [0.05, 0.1) is 6.54 Å². The van der Waals surface area contributed by atoms with Crippen molar-refractivity contribution in [1.29, 1.82) is 0 Å². The van der Waals surface area contributed by atoms with Crippen molar-refractivity contribution in [2.75, 3.05) is 7.05 Å². The number of aryl methyl sites for hydroxylation is 3. The van der Waals surface area contributed by atoms with Crippen molar-refractivity contribution in [1.82, 2.24) is 18.8 Å². The van der Waals surface area contributed by atoms with Crippen LogP contribution in [-0.2, 0) is 23.6 Å². The summed E-state index contributed by atoms with van der Waals surface area (Å²) < 4.78 is 27.6. The molecule has 0 saturated carbocycles. The summed E-state index contributed by atoms with van der Waals surface area (Å²) in [5.41, 5.74) is 0.902. The second kappa shape index (κ2) is 5.03. The first-order valence-corrected chi connectivity index (χ1v) is 8.00. The molecule has 0 spiro atoms. The van der Waals surface area contributed by atoms with Gasteiger partial charge in [0.1, 0.15) is 10.8 Å². The Bertz CT molecular complexity index is 668. The molecule has 6 nitrogen and oxygen atoms in total. The Morgan fingerprint density at radius 3 is 2.53 bits per heavy atom. The first-order chi connectivity index (χ1) is 8.80. The van der Waals surface area contributed by atoms with Gasteiger partial charge < -0.3 is 4.57 Å². The van der Waals surface area contributed by atoms with Crippen LogP contribution in [-0.4, -0.2) is 34.3 Å². The van der Waals surface area contributed by atoms with Crippen molar-refractivity contribution in [3.8, 4) is 0 Å². The minimum Gasteiger partial charge on any atom is -0.337 e. The molecule has 2 aromatic heterocycles. The molecule has 0 radical (unpaired) electrons. The zero-order chi connectivity index (χ0) is 14.2. The van der Waals surface area contributed by atoms with Gasteiger partial charge in [0.25, 0.3) is 10.0 Å². The minimum atomic E-state index is -3.56. The van der Waals surface area contributed by atoms with E-state index in [0.29, 0.717) is 5.82 Å². The van der Waals surface area contributed by atoms with E-state index in [2.05, 4.69) is 9.97 Å². The Morgan fingerprint density at radius 2 is 2.05 bits per heavy atom. The first-order valence-electron chi connectivity index (χ1n) is 5.68. The zero-order valence-corrected chi connectivity index (χ0v) is 12.9. The summed E-state index contributed by atoms with van der Waals surface area (Å²) in [6.07, 6.45) is 1.52. The second-order valence-electron chi connectivity index (χ2n) is 4.38. The van der Waals surface area contributed by atoms with Crippen molar-refractivity contribution < 1.29 is 8.42 Å². The van der Waals surface area contributed by atoms with Gasteiger partial charge in [0, 0.05) is 31.4 Å². The van der Waals surface area contributed by atoms with Gasteiger partial charge in [0.2, 0.25) is 0 Å². The molecule has 2 heterocycles. The van der Waals surface area contributed by atoms with Crippen LogP contribution in [0.1, 0.15) is 16.5 Å². The number of nitrogens with zero attached hydrogens (tertiary/aromatic N) is 4. The van der Waals surface area contributed by atoms with E-state index in [1.807, 2.05) is 12.3 Å². The molecule has 19 heavy (non-hydrogen) atoms. The third-order valence-electron chi connectivity index (χ3n) is 2.79. The standard InChI is InChI=1S/C11H16N4O2S2/c1-8-7-18-10(12-8)5-15(4)19(16,17)11-6-14(3)9(2)13-11/h6-7H,5H2,1-4H3. The van der Waals surface area contributed by atoms with Crippen molar-refractivity contribution in [2.45, 2.75) is 25.4 Å². The molecule has 0 aliphatic carbocycles. The van der Waals surface area contributed by atoms with Gasteiger partial charge in [-0.05, 0) is 13.8 Å². The molecule has 0 bridgehead atoms. The lowest BCUT2D eigenvalue weighted by atomic mass is 10.6. The Balaban J connectivity index is 2.24. The largest absolute Gasteiger partial charge is 0.337 e. The van der Waals surface area contributed by atoms with Gasteiger partial charge in [0.15, 0.2) is 5.03 Å². The third-order valence-corrected chi connectivity index (χ3v) is 5.41. The number of hydrogen-bond acceptors (Lipinski definition) is 5. The molecule has 2 aromatic rings. The second-order valence-corrected chi connectivity index (χ2v) is 7.32. The molecule has 0 fully saturated rings. The van der Waals surface area contributed by atoms with Gasteiger partial charge in [-0.3, -0.25) is 0 Å². The maximum atomic E-state index is 12.3. The summed E-state index contributed by atoms with van der Waals surface area (Å²) in [6.45, 7) is 3.91. The molecule has 0 aliphatic rings. The van der Waals surface area contributed by atoms with Gasteiger partial charge in [-0.2, -0.15) is 4.31 Å². The highest BCUT2D eigenvalue weighted by Gasteiger charge is 2.25. The van der Waals surface area contributed by atoms with E-state index in [1.54, 1.807) is 18.5 Å². The lowest BCUT2D eigenvalue weighted by molar-refractivity contribution is 0.463. The molecular weight excluding hydrogens is 284 g/mol. The van der Waals surface area contributed by atoms with Crippen molar-refractivity contribution >= 4 is 21.4 Å². The fourth-order valence-electron chi connectivity index (χ4n) is 1.56. The fraction of sp³-hybridized carbons (Fsp3) is 0.455. The van der Waals surface area contributed by atoms with Crippen LogP contribution in [0.2, 0.25) is 0 Å². The van der Waals surface area contributed by atoms with Gasteiger partial charge in [-0.15, -0.1) is 11.3 Å². The number of imidazole rings is 1. The molecule has 0 atom stereocenters. The molecule has 8 heteroatoms. The van der Waals surface area contributed by atoms with E-state index in [-0.39, 0.29) is 11.6 Å². The van der Waals surface area contributed by atoms with Crippen molar-refractivity contribution in [3.63, 3.8) is 0 Å². The summed E-state index contributed by atoms with van der Waals surface area (Å²) in [4.78, 5) is 8.33. The maximum Gasteiger partial charge on any atom is 0.262 e. The van der Waals surface area contributed by atoms with Crippen LogP contribution < -0.4 is 0 Å². The minimum absolute atomic E-state index is 0.0725. The highest BCUT2D eigenvalue weighted by molar-refractivity contribution is 7.89. The highest BCUT2D eigenvalue weighted by atomic mass is 32.2. The van der Waals surface area contributed by atoms with Crippen LogP contribution in [0, 0.1) is 13.8 Å². The van der Waals surface area contributed by atoms with E-state index < -0.39 is 10.0 Å². The number of hydrogen-bond donors (Lipinski definition) is 0. The molecule has 0 amide bonds. The highest BCUT2D eigenvalue weighted by Crippen LogP contribution is 2.17. The molecule has 0 saturated heterocycles. The normalized spacial score (nSPS) is 12.3. The first kappa shape index (κ1) is 14.2. The fourth-order valence-corrected chi connectivity index (χ4v) is 3.62. The molecule has 2 rings (SSSR count). The summed E-state index contributed by atoms with van der Waals surface area (Å²) in [5.74, 6) is 0.664. The van der Waals surface area contributed by atoms with Crippen LogP contribution in [0.25, 0.3) is 0 Å². The molecule has 0 aromatic carbocycles. The molecule has 0 aliphatic heterocycles. The maximum absolute atomic E-state index is 12.3. The van der Waals surface area contributed by atoms with E-state index in [1.165, 1.54) is 28.9 Å². The summed E-state index contributed by atoms with van der Waals surface area (Å²) >= 11 is 1.45. The topological polar surface area (TPSA) is 68.1 Å². The van der Waals surface area contributed by atoms with E-state index in [4.69, 9.17) is 0 Å². The number of thiazole rings is 1. The Kier molecular flexibility index (Phi) is 3.75. The van der Waals surface area contributed by atoms with E-state index in [0.717, 1.165) is 10.7 Å². The predicted octanol–water partition coefficient (Wildman–Crippen LogP) is 1.31. The van der Waals surface area contributed by atoms with E-state index in [9.17, 15) is 8.42 Å². The predicted molar refractivity (Wildman–Crippen MR) is 73.4 cm³/mol. The monoisotopic (exact) mass is 300 g/mol. The smallest absolute Gasteiger partial charge is 0.262 e. The lowest BCUT2D eigenvalue weighted by Crippen LogP contribution is -2.26. The Morgan fingerprint density at radius 1 is 1.37 bits per heavy atom. The number of rotatable bonds is 4. The third kappa shape index (κ3) is 2.85. The SMILES string of the molecule is Cc1csc(CN(C)S(=O)(=O)c2cn(C)c(C)n2)n1. The zero-order valence-electron chi connectivity index (χ0n) is 11.3. The van der Waals surface area contributed by atoms with Crippen LogP contribution in [0.4, 0.5) is 0 Å². The molecule has 104 valence electrons. The molecular formula is C11H16N4O2S2. The Labute approximate surface area is 116 Å². The Hall–Kier alpha value is -1.25. The van der Waals surface area contributed by atoms with Gasteiger partial charge >= 0.3 is 0 Å². The van der Waals surface area contributed by atoms with Crippen molar-refractivity contribution in [2.24, 2.45) is 7.05 Å². The average molecular weight is 300 g/mol. The number of aromatic nitrogens is 3. The number of sulfonamides is 1. The van der Waals surface area contributed by atoms with Crippen LogP contribution in [0.15, 0.2) is 16.6 Å². The summed E-state index contributed by atoms with van der Waals surface area (Å²) in [5, 5.41) is 2.75. The van der Waals surface area contributed by atoms with Gasteiger partial charge in [-0.1, -0.05) is 0 Å². The van der Waals surface area contributed by atoms with Crippen LogP contribution in [0.3, 0.4) is 0 Å². The van der Waals surface area contributed by atoms with Gasteiger partial charge in [-0.25, -0.2) is 18.4 Å². The quantitative estimate of drug-likeness (QED) is 0.854. The van der Waals surface area contributed by atoms with Crippen molar-refractivity contribution in [3.05, 3.63) is 28.1 Å². The van der Waals surface area contributed by atoms with E-state index >= 15 is 0 Å². The molecule has 0 unspecified atom stereocenters. The molecule has 0 N–H and O–H groups in total.